The van der Waals surface area contributed by atoms with Gasteiger partial charge in [0.2, 0.25) is 5.91 Å². The monoisotopic (exact) mass is 359 g/mol. The average molecular weight is 359 g/mol. The summed E-state index contributed by atoms with van der Waals surface area (Å²) in [4.78, 5) is 52.6. The minimum Gasteiger partial charge on any atom is -0.481 e. The molecule has 3 rings (SSSR count). The quantitative estimate of drug-likeness (QED) is 0.794. The lowest BCUT2D eigenvalue weighted by Gasteiger charge is -2.35. The highest BCUT2D eigenvalue weighted by Gasteiger charge is 2.49. The third-order valence-corrected chi connectivity index (χ3v) is 4.93. The molecular formula is C18H21N3O5. The van der Waals surface area contributed by atoms with Crippen LogP contribution in [-0.4, -0.2) is 69.3 Å². The Balaban J connectivity index is 1.72. The van der Waals surface area contributed by atoms with Gasteiger partial charge in [0.15, 0.2) is 0 Å². The first-order chi connectivity index (χ1) is 12.4. The smallest absolute Gasteiger partial charge is 0.328 e. The van der Waals surface area contributed by atoms with Gasteiger partial charge < -0.3 is 14.9 Å². The van der Waals surface area contributed by atoms with Crippen LogP contribution < -0.4 is 0 Å². The number of piperazine rings is 1. The average Bonchev–Trinajstić information content (AvgIpc) is 2.90. The second kappa shape index (κ2) is 7.15. The molecule has 0 saturated carbocycles. The summed E-state index contributed by atoms with van der Waals surface area (Å²) >= 11 is 0. The SMILES string of the molecule is C[C@H](c1ccccc1)N1C(=O)[C@H]2CN(C(=O)CCC(=O)O)CCN2C1=O. The molecule has 4 amide bonds. The van der Waals surface area contributed by atoms with Crippen LogP contribution in [0.3, 0.4) is 0 Å². The molecule has 2 fully saturated rings. The maximum absolute atomic E-state index is 12.8. The molecule has 8 heteroatoms. The normalized spacial score (nSPS) is 21.0. The molecule has 2 saturated heterocycles. The zero-order valence-electron chi connectivity index (χ0n) is 14.5. The van der Waals surface area contributed by atoms with E-state index in [1.54, 1.807) is 6.92 Å². The Morgan fingerprint density at radius 3 is 2.50 bits per heavy atom. The Hall–Kier alpha value is -2.90. The number of rotatable bonds is 5. The molecule has 2 atom stereocenters. The molecule has 0 spiro atoms. The van der Waals surface area contributed by atoms with E-state index in [4.69, 9.17) is 5.11 Å². The third kappa shape index (κ3) is 3.26. The molecule has 0 radical (unpaired) electrons. The number of carbonyl (C=O) groups is 4. The van der Waals surface area contributed by atoms with Crippen molar-refractivity contribution in [1.29, 1.82) is 0 Å². The minimum absolute atomic E-state index is 0.103. The molecule has 0 unspecified atom stereocenters. The number of carboxylic acids is 1. The van der Waals surface area contributed by atoms with Crippen LogP contribution in [0.15, 0.2) is 30.3 Å². The van der Waals surface area contributed by atoms with Gasteiger partial charge in [-0.1, -0.05) is 30.3 Å². The van der Waals surface area contributed by atoms with Crippen molar-refractivity contribution in [3.05, 3.63) is 35.9 Å². The van der Waals surface area contributed by atoms with Crippen molar-refractivity contribution in [3.63, 3.8) is 0 Å². The minimum atomic E-state index is -1.04. The highest BCUT2D eigenvalue weighted by molar-refractivity contribution is 6.05. The summed E-state index contributed by atoms with van der Waals surface area (Å²) in [6, 6.07) is 7.88. The van der Waals surface area contributed by atoms with Crippen LogP contribution in [-0.2, 0) is 14.4 Å². The van der Waals surface area contributed by atoms with Gasteiger partial charge in [-0.05, 0) is 12.5 Å². The van der Waals surface area contributed by atoms with Crippen molar-refractivity contribution in [2.45, 2.75) is 31.8 Å². The molecule has 2 heterocycles. The van der Waals surface area contributed by atoms with Crippen molar-refractivity contribution in [2.24, 2.45) is 0 Å². The van der Waals surface area contributed by atoms with Gasteiger partial charge in [-0.3, -0.25) is 19.3 Å². The first kappa shape index (κ1) is 17.9. The highest BCUT2D eigenvalue weighted by Crippen LogP contribution is 2.30. The van der Waals surface area contributed by atoms with E-state index in [2.05, 4.69) is 0 Å². The molecular weight excluding hydrogens is 338 g/mol. The number of urea groups is 1. The lowest BCUT2D eigenvalue weighted by atomic mass is 10.1. The number of nitrogens with zero attached hydrogens (tertiary/aromatic N) is 3. The molecule has 8 nitrogen and oxygen atoms in total. The summed E-state index contributed by atoms with van der Waals surface area (Å²) < 4.78 is 0. The summed E-state index contributed by atoms with van der Waals surface area (Å²) in [5.74, 6) is -1.66. The lowest BCUT2D eigenvalue weighted by Crippen LogP contribution is -2.54. The summed E-state index contributed by atoms with van der Waals surface area (Å²) in [5.41, 5.74) is 0.864. The number of benzene rings is 1. The van der Waals surface area contributed by atoms with E-state index in [0.717, 1.165) is 5.56 Å². The fourth-order valence-corrected chi connectivity index (χ4v) is 3.45. The molecule has 1 aromatic rings. The summed E-state index contributed by atoms with van der Waals surface area (Å²) in [7, 11) is 0. The van der Waals surface area contributed by atoms with Crippen LogP contribution in [0.1, 0.15) is 31.4 Å². The van der Waals surface area contributed by atoms with Crippen LogP contribution in [0.5, 0.6) is 0 Å². The first-order valence-corrected chi connectivity index (χ1v) is 8.58. The number of aliphatic carboxylic acids is 1. The number of hydrogen-bond donors (Lipinski definition) is 1. The van der Waals surface area contributed by atoms with E-state index in [1.165, 1.54) is 14.7 Å². The van der Waals surface area contributed by atoms with Crippen molar-refractivity contribution < 1.29 is 24.3 Å². The number of hydrogen-bond acceptors (Lipinski definition) is 4. The molecule has 138 valence electrons. The number of carboxylic acid groups (broad SMARTS) is 1. The molecule has 0 aromatic heterocycles. The summed E-state index contributed by atoms with van der Waals surface area (Å²) in [5, 5.41) is 8.71. The topological polar surface area (TPSA) is 98.2 Å². The van der Waals surface area contributed by atoms with Crippen LogP contribution in [0.2, 0.25) is 0 Å². The van der Waals surface area contributed by atoms with Gasteiger partial charge in [0.1, 0.15) is 6.04 Å². The Morgan fingerprint density at radius 1 is 1.15 bits per heavy atom. The first-order valence-electron chi connectivity index (χ1n) is 8.58. The van der Waals surface area contributed by atoms with Crippen LogP contribution in [0, 0.1) is 0 Å². The summed E-state index contributed by atoms with van der Waals surface area (Å²) in [6.45, 7) is 2.49. The molecule has 2 aliphatic heterocycles. The van der Waals surface area contributed by atoms with Crippen molar-refractivity contribution >= 4 is 23.8 Å². The fraction of sp³-hybridized carbons (Fsp3) is 0.444. The second-order valence-electron chi connectivity index (χ2n) is 6.52. The van der Waals surface area contributed by atoms with Gasteiger partial charge in [-0.15, -0.1) is 0 Å². The number of imide groups is 1. The van der Waals surface area contributed by atoms with Gasteiger partial charge >= 0.3 is 12.0 Å². The third-order valence-electron chi connectivity index (χ3n) is 4.93. The van der Waals surface area contributed by atoms with Gasteiger partial charge in [-0.25, -0.2) is 4.79 Å². The molecule has 0 aliphatic carbocycles. The van der Waals surface area contributed by atoms with Crippen molar-refractivity contribution in [2.75, 3.05) is 19.6 Å². The molecule has 1 aromatic carbocycles. The van der Waals surface area contributed by atoms with Gasteiger partial charge in [-0.2, -0.15) is 0 Å². The second-order valence-corrected chi connectivity index (χ2v) is 6.52. The Kier molecular flexibility index (Phi) is 4.92. The number of carbonyl (C=O) groups excluding carboxylic acids is 3. The zero-order chi connectivity index (χ0) is 18.8. The van der Waals surface area contributed by atoms with E-state index in [9.17, 15) is 19.2 Å². The van der Waals surface area contributed by atoms with E-state index < -0.39 is 18.1 Å². The summed E-state index contributed by atoms with van der Waals surface area (Å²) in [6.07, 6.45) is -0.345. The fourth-order valence-electron chi connectivity index (χ4n) is 3.45. The van der Waals surface area contributed by atoms with Gasteiger partial charge in [0.05, 0.1) is 19.0 Å². The largest absolute Gasteiger partial charge is 0.481 e. The predicted octanol–water partition coefficient (Wildman–Crippen LogP) is 1.09. The zero-order valence-corrected chi connectivity index (χ0v) is 14.5. The Labute approximate surface area is 151 Å². The highest BCUT2D eigenvalue weighted by atomic mass is 16.4. The number of amides is 4. The van der Waals surface area contributed by atoms with E-state index >= 15 is 0 Å². The lowest BCUT2D eigenvalue weighted by molar-refractivity contribution is -0.142. The molecule has 0 bridgehead atoms. The molecule has 2 aliphatic rings. The predicted molar refractivity (Wildman–Crippen MR) is 91.0 cm³/mol. The maximum Gasteiger partial charge on any atom is 0.328 e. The van der Waals surface area contributed by atoms with E-state index in [0.29, 0.717) is 6.54 Å². The van der Waals surface area contributed by atoms with Gasteiger partial charge in [0.25, 0.3) is 5.91 Å². The Morgan fingerprint density at radius 2 is 1.85 bits per heavy atom. The van der Waals surface area contributed by atoms with E-state index in [1.807, 2.05) is 30.3 Å². The maximum atomic E-state index is 12.8. The molecule has 26 heavy (non-hydrogen) atoms. The van der Waals surface area contributed by atoms with Crippen LogP contribution in [0.25, 0.3) is 0 Å². The Bertz CT molecular complexity index is 736. The molecule has 1 N–H and O–H groups in total. The van der Waals surface area contributed by atoms with Crippen LogP contribution >= 0.6 is 0 Å². The van der Waals surface area contributed by atoms with Crippen LogP contribution in [0.4, 0.5) is 4.79 Å². The van der Waals surface area contributed by atoms with Crippen molar-refractivity contribution in [1.82, 2.24) is 14.7 Å². The van der Waals surface area contributed by atoms with E-state index in [-0.39, 0.29) is 43.8 Å². The standard InChI is InChI=1S/C18H21N3O5/c1-12(13-5-3-2-4-6-13)21-17(25)14-11-19(9-10-20(14)18(21)26)15(22)7-8-16(23)24/h2-6,12,14H,7-11H2,1H3,(H,23,24)/t12-,14-/m1/s1. The number of fused-ring (bicyclic) bond motifs is 1. The van der Waals surface area contributed by atoms with Gasteiger partial charge in [0, 0.05) is 19.5 Å². The van der Waals surface area contributed by atoms with Crippen molar-refractivity contribution in [3.8, 4) is 0 Å².